The van der Waals surface area contributed by atoms with Gasteiger partial charge in [0, 0.05) is 5.69 Å². The van der Waals surface area contributed by atoms with Gasteiger partial charge in [-0.1, -0.05) is 49.7 Å². The molecule has 0 aromatic heterocycles. The summed E-state index contributed by atoms with van der Waals surface area (Å²) < 4.78 is 19.4. The van der Waals surface area contributed by atoms with Crippen molar-refractivity contribution in [3.05, 3.63) is 78.1 Å². The first-order valence-electron chi connectivity index (χ1n) is 12.3. The number of amides is 2. The van der Waals surface area contributed by atoms with Crippen LogP contribution in [0.3, 0.4) is 0 Å². The highest BCUT2D eigenvalue weighted by Gasteiger charge is 2.25. The van der Waals surface area contributed by atoms with Crippen LogP contribution in [-0.4, -0.2) is 19.2 Å². The molecule has 2 amide bonds. The zero-order valence-corrected chi connectivity index (χ0v) is 19.6. The van der Waals surface area contributed by atoms with Crippen molar-refractivity contribution < 1.29 is 13.9 Å². The molecule has 1 aliphatic carbocycles. The minimum Gasteiger partial charge on any atom is -0.490 e. The summed E-state index contributed by atoms with van der Waals surface area (Å²) in [5, 5.41) is 2.77. The zero-order chi connectivity index (χ0) is 23.5. The molecule has 1 N–H and O–H groups in total. The van der Waals surface area contributed by atoms with Gasteiger partial charge in [-0.3, -0.25) is 4.90 Å². The number of benzene rings is 3. The Labute approximate surface area is 200 Å². The first kappa shape index (κ1) is 22.5. The van der Waals surface area contributed by atoms with Gasteiger partial charge < -0.3 is 10.1 Å². The second-order valence-electron chi connectivity index (χ2n) is 9.37. The molecule has 0 spiro atoms. The molecule has 3 aromatic carbocycles. The molecule has 4 nitrogen and oxygen atoms in total. The molecule has 1 heterocycles. The van der Waals surface area contributed by atoms with E-state index in [-0.39, 0.29) is 11.8 Å². The third-order valence-electron chi connectivity index (χ3n) is 7.28. The average molecular weight is 459 g/mol. The molecule has 5 rings (SSSR count). The lowest BCUT2D eigenvalue weighted by molar-refractivity contribution is 0.250. The fraction of sp³-hybridized carbons (Fsp3) is 0.345. The zero-order valence-electron chi connectivity index (χ0n) is 19.6. The number of fused-ring (bicyclic) bond motifs is 1. The molecule has 5 heteroatoms. The number of halogens is 1. The SMILES string of the molecule is CCC1CCC(c2ccc(-c3ccc4c(c3)OCCN4C(=O)Nc3cccc(F)c3)cc2)CC1. The number of urea groups is 1. The Morgan fingerprint density at radius 1 is 1.00 bits per heavy atom. The normalized spacial score (nSPS) is 19.8. The molecule has 0 bridgehead atoms. The van der Waals surface area contributed by atoms with Gasteiger partial charge in [0.1, 0.15) is 18.2 Å². The van der Waals surface area contributed by atoms with E-state index in [4.69, 9.17) is 4.74 Å². The topological polar surface area (TPSA) is 41.6 Å². The van der Waals surface area contributed by atoms with Gasteiger partial charge in [-0.15, -0.1) is 0 Å². The van der Waals surface area contributed by atoms with Crippen LogP contribution < -0.4 is 15.0 Å². The Hall–Kier alpha value is -3.34. The molecular weight excluding hydrogens is 427 g/mol. The fourth-order valence-corrected chi connectivity index (χ4v) is 5.22. The lowest BCUT2D eigenvalue weighted by Gasteiger charge is -2.30. The van der Waals surface area contributed by atoms with Crippen LogP contribution in [0, 0.1) is 11.7 Å². The highest BCUT2D eigenvalue weighted by Crippen LogP contribution is 2.39. The predicted octanol–water partition coefficient (Wildman–Crippen LogP) is 7.61. The van der Waals surface area contributed by atoms with Crippen molar-refractivity contribution in [2.75, 3.05) is 23.4 Å². The van der Waals surface area contributed by atoms with Crippen molar-refractivity contribution in [3.63, 3.8) is 0 Å². The van der Waals surface area contributed by atoms with Crippen molar-refractivity contribution in [1.82, 2.24) is 0 Å². The minimum atomic E-state index is -0.385. The second-order valence-corrected chi connectivity index (χ2v) is 9.37. The fourth-order valence-electron chi connectivity index (χ4n) is 5.22. The Morgan fingerprint density at radius 2 is 1.76 bits per heavy atom. The number of carbonyl (C=O) groups excluding carboxylic acids is 1. The number of hydrogen-bond donors (Lipinski definition) is 1. The molecule has 0 atom stereocenters. The molecule has 0 unspecified atom stereocenters. The van der Waals surface area contributed by atoms with Crippen molar-refractivity contribution >= 4 is 17.4 Å². The molecule has 34 heavy (non-hydrogen) atoms. The molecular formula is C29H31FN2O2. The van der Waals surface area contributed by atoms with E-state index in [1.54, 1.807) is 17.0 Å². The first-order valence-corrected chi connectivity index (χ1v) is 12.3. The van der Waals surface area contributed by atoms with Gasteiger partial charge in [0.25, 0.3) is 0 Å². The maximum atomic E-state index is 13.5. The van der Waals surface area contributed by atoms with E-state index >= 15 is 0 Å². The molecule has 176 valence electrons. The van der Waals surface area contributed by atoms with E-state index in [2.05, 4.69) is 36.5 Å². The molecule has 1 aliphatic heterocycles. The number of anilines is 2. The van der Waals surface area contributed by atoms with Crippen LogP contribution in [0.25, 0.3) is 11.1 Å². The van der Waals surface area contributed by atoms with E-state index < -0.39 is 0 Å². The molecule has 0 radical (unpaired) electrons. The third-order valence-corrected chi connectivity index (χ3v) is 7.28. The van der Waals surface area contributed by atoms with Crippen LogP contribution in [0.2, 0.25) is 0 Å². The summed E-state index contributed by atoms with van der Waals surface area (Å²) in [7, 11) is 0. The molecule has 1 fully saturated rings. The van der Waals surface area contributed by atoms with Crippen LogP contribution >= 0.6 is 0 Å². The number of ether oxygens (including phenoxy) is 1. The number of nitrogens with one attached hydrogen (secondary N) is 1. The third kappa shape index (κ3) is 4.79. The Bertz CT molecular complexity index is 1150. The van der Waals surface area contributed by atoms with E-state index in [1.165, 1.54) is 49.8 Å². The smallest absolute Gasteiger partial charge is 0.326 e. The molecule has 2 aliphatic rings. The highest BCUT2D eigenvalue weighted by atomic mass is 19.1. The maximum Gasteiger partial charge on any atom is 0.326 e. The van der Waals surface area contributed by atoms with Crippen molar-refractivity contribution in [3.8, 4) is 16.9 Å². The van der Waals surface area contributed by atoms with Crippen LogP contribution in [-0.2, 0) is 0 Å². The van der Waals surface area contributed by atoms with Crippen LogP contribution in [0.15, 0.2) is 66.7 Å². The van der Waals surface area contributed by atoms with Crippen molar-refractivity contribution in [1.29, 1.82) is 0 Å². The Kier molecular flexibility index (Phi) is 6.52. The summed E-state index contributed by atoms with van der Waals surface area (Å²) in [6, 6.07) is 20.5. The number of hydrogen-bond acceptors (Lipinski definition) is 2. The molecule has 1 saturated carbocycles. The lowest BCUT2D eigenvalue weighted by atomic mass is 9.77. The lowest BCUT2D eigenvalue weighted by Crippen LogP contribution is -2.40. The number of carbonyl (C=O) groups is 1. The summed E-state index contributed by atoms with van der Waals surface area (Å²) in [5.74, 6) is 1.87. The van der Waals surface area contributed by atoms with Crippen LogP contribution in [0.4, 0.5) is 20.6 Å². The number of nitrogens with zero attached hydrogens (tertiary/aromatic N) is 1. The van der Waals surface area contributed by atoms with Gasteiger partial charge in [0.2, 0.25) is 0 Å². The van der Waals surface area contributed by atoms with Gasteiger partial charge in [0.15, 0.2) is 0 Å². The van der Waals surface area contributed by atoms with Gasteiger partial charge >= 0.3 is 6.03 Å². The quantitative estimate of drug-likeness (QED) is 0.437. The Balaban J connectivity index is 1.30. The van der Waals surface area contributed by atoms with E-state index in [9.17, 15) is 9.18 Å². The summed E-state index contributed by atoms with van der Waals surface area (Å²) in [5.41, 5.74) is 4.78. The maximum absolute atomic E-state index is 13.5. The monoisotopic (exact) mass is 458 g/mol. The summed E-state index contributed by atoms with van der Waals surface area (Å²) in [6.45, 7) is 3.15. The predicted molar refractivity (Wildman–Crippen MR) is 135 cm³/mol. The summed E-state index contributed by atoms with van der Waals surface area (Å²) >= 11 is 0. The standard InChI is InChI=1S/C29H31FN2O2/c1-2-20-6-8-21(9-7-20)22-10-12-23(13-11-22)24-14-15-27-28(18-24)34-17-16-32(27)29(33)31-26-5-3-4-25(30)19-26/h3-5,10-15,18-21H,2,6-9,16-17H2,1H3,(H,31,33). The summed E-state index contributed by atoms with van der Waals surface area (Å²) in [6.07, 6.45) is 6.56. The Morgan fingerprint density at radius 3 is 2.50 bits per heavy atom. The van der Waals surface area contributed by atoms with Crippen molar-refractivity contribution in [2.45, 2.75) is 44.9 Å². The largest absolute Gasteiger partial charge is 0.490 e. The van der Waals surface area contributed by atoms with Gasteiger partial charge in [-0.25, -0.2) is 9.18 Å². The first-order chi connectivity index (χ1) is 16.6. The van der Waals surface area contributed by atoms with E-state index in [0.717, 1.165) is 17.0 Å². The molecule has 0 saturated heterocycles. The minimum absolute atomic E-state index is 0.301. The number of rotatable bonds is 4. The van der Waals surface area contributed by atoms with E-state index in [0.29, 0.717) is 36.2 Å². The second kappa shape index (κ2) is 9.88. The average Bonchev–Trinajstić information content (AvgIpc) is 2.88. The highest BCUT2D eigenvalue weighted by molar-refractivity contribution is 6.03. The summed E-state index contributed by atoms with van der Waals surface area (Å²) in [4.78, 5) is 14.5. The van der Waals surface area contributed by atoms with Crippen LogP contribution in [0.1, 0.15) is 50.5 Å². The van der Waals surface area contributed by atoms with Gasteiger partial charge in [0.05, 0.1) is 12.2 Å². The van der Waals surface area contributed by atoms with Gasteiger partial charge in [-0.2, -0.15) is 0 Å². The van der Waals surface area contributed by atoms with Gasteiger partial charge in [-0.05, 0) is 84.5 Å². The van der Waals surface area contributed by atoms with Crippen LogP contribution in [0.5, 0.6) is 5.75 Å². The van der Waals surface area contributed by atoms with E-state index in [1.807, 2.05) is 18.2 Å². The molecule has 3 aromatic rings. The van der Waals surface area contributed by atoms with Crippen molar-refractivity contribution in [2.24, 2.45) is 5.92 Å².